The third-order valence-electron chi connectivity index (χ3n) is 3.84. The summed E-state index contributed by atoms with van der Waals surface area (Å²) in [5.41, 5.74) is 0. The summed E-state index contributed by atoms with van der Waals surface area (Å²) in [6, 6.07) is 7.18. The van der Waals surface area contributed by atoms with Crippen LogP contribution in [0.5, 0.6) is 0 Å². The minimum absolute atomic E-state index is 0.0621. The van der Waals surface area contributed by atoms with Crippen LogP contribution in [0.15, 0.2) is 41.6 Å². The Labute approximate surface area is 125 Å². The van der Waals surface area contributed by atoms with Crippen LogP contribution in [0.2, 0.25) is 0 Å². The lowest BCUT2D eigenvalue weighted by atomic mass is 10.2. The molecule has 1 N–H and O–H groups in total. The second-order valence-corrected chi connectivity index (χ2v) is 7.14. The quantitative estimate of drug-likeness (QED) is 0.911. The zero-order valence-corrected chi connectivity index (χ0v) is 12.8. The Morgan fingerprint density at radius 1 is 1.33 bits per heavy atom. The number of benzene rings is 1. The van der Waals surface area contributed by atoms with Crippen LogP contribution in [0.1, 0.15) is 13.3 Å². The number of hydrogen-bond donors (Lipinski definition) is 1. The fourth-order valence-corrected chi connectivity index (χ4v) is 4.57. The van der Waals surface area contributed by atoms with Gasteiger partial charge in [0, 0.05) is 42.8 Å². The van der Waals surface area contributed by atoms with Crippen molar-refractivity contribution < 1.29 is 8.42 Å². The lowest BCUT2D eigenvalue weighted by molar-refractivity contribution is 0.242. The highest BCUT2D eigenvalue weighted by Gasteiger charge is 2.34. The third-order valence-corrected chi connectivity index (χ3v) is 5.85. The summed E-state index contributed by atoms with van der Waals surface area (Å²) in [6.45, 7) is 4.01. The van der Waals surface area contributed by atoms with E-state index in [-0.39, 0.29) is 6.04 Å². The molecule has 0 radical (unpaired) electrons. The van der Waals surface area contributed by atoms with Gasteiger partial charge in [0.05, 0.1) is 10.9 Å². The molecule has 1 aromatic carbocycles. The van der Waals surface area contributed by atoms with Crippen molar-refractivity contribution in [2.45, 2.75) is 24.3 Å². The van der Waals surface area contributed by atoms with Gasteiger partial charge in [-0.1, -0.05) is 19.1 Å². The van der Waals surface area contributed by atoms with E-state index >= 15 is 0 Å². The largest absolute Gasteiger partial charge is 0.313 e. The molecular formula is C15H19N3O2S. The molecule has 1 aliphatic heterocycles. The standard InChI is InChI=1S/C15H19N3O2S/c1-2-8-18(13-10-17-11-13)21(19,20)15-5-3-4-12-9-16-7-6-14(12)15/h3-7,9,13,17H,2,8,10-11H2,1H3. The average Bonchev–Trinajstić information content (AvgIpc) is 2.44. The zero-order chi connectivity index (χ0) is 14.9. The van der Waals surface area contributed by atoms with E-state index in [0.29, 0.717) is 11.4 Å². The molecule has 0 amide bonds. The van der Waals surface area contributed by atoms with Crippen molar-refractivity contribution in [1.82, 2.24) is 14.6 Å². The smallest absolute Gasteiger partial charge is 0.244 e. The molecule has 0 spiro atoms. The summed E-state index contributed by atoms with van der Waals surface area (Å²) in [5.74, 6) is 0. The first-order valence-corrected chi connectivity index (χ1v) is 8.64. The number of pyridine rings is 1. The lowest BCUT2D eigenvalue weighted by Gasteiger charge is -2.37. The van der Waals surface area contributed by atoms with E-state index in [1.807, 2.05) is 13.0 Å². The maximum Gasteiger partial charge on any atom is 0.244 e. The van der Waals surface area contributed by atoms with Gasteiger partial charge in [-0.05, 0) is 18.6 Å². The van der Waals surface area contributed by atoms with Gasteiger partial charge in [-0.2, -0.15) is 4.31 Å². The van der Waals surface area contributed by atoms with Crippen molar-refractivity contribution in [3.63, 3.8) is 0 Å². The number of fused-ring (bicyclic) bond motifs is 1. The molecule has 1 aromatic heterocycles. The predicted molar refractivity (Wildman–Crippen MR) is 82.6 cm³/mol. The molecule has 21 heavy (non-hydrogen) atoms. The molecule has 0 saturated carbocycles. The molecule has 6 heteroatoms. The van der Waals surface area contributed by atoms with Crippen LogP contribution in [-0.4, -0.2) is 43.4 Å². The van der Waals surface area contributed by atoms with E-state index in [0.717, 1.165) is 30.3 Å². The zero-order valence-electron chi connectivity index (χ0n) is 12.0. The van der Waals surface area contributed by atoms with E-state index in [4.69, 9.17) is 0 Å². The molecule has 0 aliphatic carbocycles. The van der Waals surface area contributed by atoms with Crippen LogP contribution in [0, 0.1) is 0 Å². The molecule has 0 unspecified atom stereocenters. The third kappa shape index (κ3) is 2.54. The van der Waals surface area contributed by atoms with Crippen LogP contribution in [0.4, 0.5) is 0 Å². The van der Waals surface area contributed by atoms with Crippen LogP contribution >= 0.6 is 0 Å². The summed E-state index contributed by atoms with van der Waals surface area (Å²) >= 11 is 0. The molecule has 2 heterocycles. The summed E-state index contributed by atoms with van der Waals surface area (Å²) in [5, 5.41) is 4.73. The van der Waals surface area contributed by atoms with E-state index in [2.05, 4.69) is 10.3 Å². The highest BCUT2D eigenvalue weighted by molar-refractivity contribution is 7.89. The van der Waals surface area contributed by atoms with Gasteiger partial charge in [0.1, 0.15) is 0 Å². The topological polar surface area (TPSA) is 62.3 Å². The molecule has 3 rings (SSSR count). The highest BCUT2D eigenvalue weighted by atomic mass is 32.2. The Kier molecular flexibility index (Phi) is 3.93. The Bertz CT molecular complexity index is 736. The molecule has 1 fully saturated rings. The van der Waals surface area contributed by atoms with Crippen molar-refractivity contribution in [2.75, 3.05) is 19.6 Å². The number of hydrogen-bond acceptors (Lipinski definition) is 4. The molecule has 0 atom stereocenters. The average molecular weight is 305 g/mol. The van der Waals surface area contributed by atoms with E-state index < -0.39 is 10.0 Å². The predicted octanol–water partition coefficient (Wildman–Crippen LogP) is 1.61. The van der Waals surface area contributed by atoms with Crippen molar-refractivity contribution in [1.29, 1.82) is 0 Å². The van der Waals surface area contributed by atoms with Crippen LogP contribution in [0.25, 0.3) is 10.8 Å². The molecule has 0 bridgehead atoms. The SMILES string of the molecule is CCCN(C1CNC1)S(=O)(=O)c1cccc2cnccc12. The van der Waals surface area contributed by atoms with E-state index in [9.17, 15) is 8.42 Å². The Balaban J connectivity index is 2.10. The van der Waals surface area contributed by atoms with Gasteiger partial charge in [0.15, 0.2) is 0 Å². The molecule has 2 aromatic rings. The first-order chi connectivity index (χ1) is 10.1. The molecule has 5 nitrogen and oxygen atoms in total. The number of aromatic nitrogens is 1. The fraction of sp³-hybridized carbons (Fsp3) is 0.400. The lowest BCUT2D eigenvalue weighted by Crippen LogP contribution is -2.58. The second-order valence-electron chi connectivity index (χ2n) is 5.28. The summed E-state index contributed by atoms with van der Waals surface area (Å²) in [7, 11) is -3.48. The van der Waals surface area contributed by atoms with Crippen molar-refractivity contribution in [3.05, 3.63) is 36.7 Å². The summed E-state index contributed by atoms with van der Waals surface area (Å²) in [4.78, 5) is 4.44. The normalized spacial score (nSPS) is 16.3. The van der Waals surface area contributed by atoms with Crippen molar-refractivity contribution >= 4 is 20.8 Å². The number of nitrogens with zero attached hydrogens (tertiary/aromatic N) is 2. The van der Waals surface area contributed by atoms with E-state index in [1.165, 1.54) is 0 Å². The van der Waals surface area contributed by atoms with Gasteiger partial charge in [0.2, 0.25) is 10.0 Å². The minimum atomic E-state index is -3.48. The summed E-state index contributed by atoms with van der Waals surface area (Å²) < 4.78 is 27.7. The maximum atomic E-state index is 13.0. The Morgan fingerprint density at radius 2 is 2.14 bits per heavy atom. The highest BCUT2D eigenvalue weighted by Crippen LogP contribution is 2.27. The van der Waals surface area contributed by atoms with Gasteiger partial charge >= 0.3 is 0 Å². The first kappa shape index (κ1) is 14.4. The van der Waals surface area contributed by atoms with Crippen molar-refractivity contribution in [3.8, 4) is 0 Å². The van der Waals surface area contributed by atoms with Crippen LogP contribution in [0.3, 0.4) is 0 Å². The number of nitrogens with one attached hydrogen (secondary N) is 1. The monoisotopic (exact) mass is 305 g/mol. The molecule has 112 valence electrons. The van der Waals surface area contributed by atoms with E-state index in [1.54, 1.807) is 34.9 Å². The second kappa shape index (κ2) is 5.71. The Morgan fingerprint density at radius 3 is 2.81 bits per heavy atom. The molecule has 1 saturated heterocycles. The van der Waals surface area contributed by atoms with Crippen LogP contribution in [-0.2, 0) is 10.0 Å². The minimum Gasteiger partial charge on any atom is -0.313 e. The number of sulfonamides is 1. The van der Waals surface area contributed by atoms with Gasteiger partial charge in [0.25, 0.3) is 0 Å². The fourth-order valence-electron chi connectivity index (χ4n) is 2.64. The van der Waals surface area contributed by atoms with Gasteiger partial charge in [-0.3, -0.25) is 4.98 Å². The summed E-state index contributed by atoms with van der Waals surface area (Å²) in [6.07, 6.45) is 4.14. The Hall–Kier alpha value is -1.50. The molecular weight excluding hydrogens is 286 g/mol. The molecule has 1 aliphatic rings. The van der Waals surface area contributed by atoms with Crippen molar-refractivity contribution in [2.24, 2.45) is 0 Å². The van der Waals surface area contributed by atoms with Crippen LogP contribution < -0.4 is 5.32 Å². The van der Waals surface area contributed by atoms with Gasteiger partial charge < -0.3 is 5.32 Å². The van der Waals surface area contributed by atoms with Gasteiger partial charge in [-0.15, -0.1) is 0 Å². The maximum absolute atomic E-state index is 13.0. The number of rotatable bonds is 5. The first-order valence-electron chi connectivity index (χ1n) is 7.20. The van der Waals surface area contributed by atoms with Gasteiger partial charge in [-0.25, -0.2) is 8.42 Å².